The Kier molecular flexibility index (Phi) is 2.20. The van der Waals surface area contributed by atoms with Crippen molar-refractivity contribution in [2.75, 3.05) is 19.7 Å². The SMILES string of the molecule is CC(C)(C)OC(=O)N1CC(O)(C2CO2)C1. The van der Waals surface area contributed by atoms with Gasteiger partial charge < -0.3 is 19.5 Å². The zero-order valence-electron chi connectivity index (χ0n) is 9.32. The van der Waals surface area contributed by atoms with Gasteiger partial charge in [0.15, 0.2) is 0 Å². The zero-order chi connectivity index (χ0) is 11.3. The topological polar surface area (TPSA) is 62.3 Å². The molecular weight excluding hydrogens is 198 g/mol. The van der Waals surface area contributed by atoms with Crippen LogP contribution in [0.15, 0.2) is 0 Å². The first-order valence-corrected chi connectivity index (χ1v) is 5.12. The molecule has 0 aromatic rings. The summed E-state index contributed by atoms with van der Waals surface area (Å²) >= 11 is 0. The Morgan fingerprint density at radius 3 is 2.47 bits per heavy atom. The van der Waals surface area contributed by atoms with E-state index in [-0.39, 0.29) is 12.2 Å². The number of amides is 1. The summed E-state index contributed by atoms with van der Waals surface area (Å²) in [5, 5.41) is 9.89. The summed E-state index contributed by atoms with van der Waals surface area (Å²) in [6.45, 7) is 6.68. The molecule has 0 aromatic heterocycles. The van der Waals surface area contributed by atoms with Crippen LogP contribution in [-0.4, -0.2) is 53.1 Å². The third-order valence-electron chi connectivity index (χ3n) is 2.51. The number of rotatable bonds is 1. The van der Waals surface area contributed by atoms with Crippen molar-refractivity contribution in [3.63, 3.8) is 0 Å². The fourth-order valence-electron chi connectivity index (χ4n) is 1.63. The molecule has 5 nitrogen and oxygen atoms in total. The molecule has 1 atom stereocenters. The van der Waals surface area contributed by atoms with Gasteiger partial charge in [0.1, 0.15) is 17.3 Å². The highest BCUT2D eigenvalue weighted by Gasteiger charge is 2.55. The molecule has 2 aliphatic rings. The molecule has 2 heterocycles. The summed E-state index contributed by atoms with van der Waals surface area (Å²) in [5.41, 5.74) is -1.32. The highest BCUT2D eigenvalue weighted by Crippen LogP contribution is 2.33. The Morgan fingerprint density at radius 1 is 1.53 bits per heavy atom. The molecule has 0 bridgehead atoms. The summed E-state index contributed by atoms with van der Waals surface area (Å²) in [6, 6.07) is 0. The second-order valence-corrected chi connectivity index (χ2v) is 5.26. The third kappa shape index (κ3) is 2.23. The van der Waals surface area contributed by atoms with Crippen molar-refractivity contribution in [1.29, 1.82) is 0 Å². The van der Waals surface area contributed by atoms with Gasteiger partial charge in [-0.15, -0.1) is 0 Å². The van der Waals surface area contributed by atoms with E-state index in [4.69, 9.17) is 9.47 Å². The Bertz CT molecular complexity index is 274. The molecule has 5 heteroatoms. The van der Waals surface area contributed by atoms with Crippen molar-refractivity contribution in [1.82, 2.24) is 4.90 Å². The van der Waals surface area contributed by atoms with E-state index in [2.05, 4.69) is 0 Å². The Hall–Kier alpha value is -0.810. The minimum absolute atomic E-state index is 0.0869. The van der Waals surface area contributed by atoms with Crippen molar-refractivity contribution in [2.45, 2.75) is 38.1 Å². The molecule has 2 aliphatic heterocycles. The minimum atomic E-state index is -0.836. The average Bonchev–Trinajstić information content (AvgIpc) is 2.76. The van der Waals surface area contributed by atoms with Crippen molar-refractivity contribution >= 4 is 6.09 Å². The maximum atomic E-state index is 11.5. The van der Waals surface area contributed by atoms with E-state index in [1.54, 1.807) is 0 Å². The highest BCUT2D eigenvalue weighted by molar-refractivity contribution is 5.69. The van der Waals surface area contributed by atoms with E-state index in [0.29, 0.717) is 19.7 Å². The molecule has 0 aromatic carbocycles. The Labute approximate surface area is 89.0 Å². The van der Waals surface area contributed by atoms with Crippen LogP contribution in [0.1, 0.15) is 20.8 Å². The maximum Gasteiger partial charge on any atom is 0.410 e. The number of hydrogen-bond acceptors (Lipinski definition) is 4. The van der Waals surface area contributed by atoms with Gasteiger partial charge in [0.25, 0.3) is 0 Å². The molecule has 1 amide bonds. The van der Waals surface area contributed by atoms with Crippen molar-refractivity contribution in [2.24, 2.45) is 0 Å². The minimum Gasteiger partial charge on any atom is -0.444 e. The maximum absolute atomic E-state index is 11.5. The molecule has 1 unspecified atom stereocenters. The lowest BCUT2D eigenvalue weighted by Crippen LogP contribution is -2.66. The predicted octanol–water partition coefficient (Wildman–Crippen LogP) is 0.367. The number of aliphatic hydroxyl groups is 1. The number of epoxide rings is 1. The fourth-order valence-corrected chi connectivity index (χ4v) is 1.63. The second kappa shape index (κ2) is 3.09. The first kappa shape index (κ1) is 10.7. The van der Waals surface area contributed by atoms with Gasteiger partial charge in [-0.1, -0.05) is 0 Å². The van der Waals surface area contributed by atoms with Crippen molar-refractivity contribution in [3.8, 4) is 0 Å². The van der Waals surface area contributed by atoms with Gasteiger partial charge in [-0.3, -0.25) is 0 Å². The van der Waals surface area contributed by atoms with Gasteiger partial charge in [-0.2, -0.15) is 0 Å². The van der Waals surface area contributed by atoms with Crippen LogP contribution in [0.4, 0.5) is 4.79 Å². The number of β-amino-alcohol motifs (C(OH)–C–C–N with tert-alkyl or cyclic N) is 1. The number of likely N-dealkylation sites (tertiary alicyclic amines) is 1. The third-order valence-corrected chi connectivity index (χ3v) is 2.51. The predicted molar refractivity (Wildman–Crippen MR) is 52.5 cm³/mol. The lowest BCUT2D eigenvalue weighted by atomic mass is 9.91. The van der Waals surface area contributed by atoms with Gasteiger partial charge in [0.2, 0.25) is 0 Å². The number of carbonyl (C=O) groups is 1. The molecule has 86 valence electrons. The molecular formula is C10H17NO4. The first-order valence-electron chi connectivity index (χ1n) is 5.12. The highest BCUT2D eigenvalue weighted by atomic mass is 16.6. The van der Waals surface area contributed by atoms with Crippen LogP contribution in [0.5, 0.6) is 0 Å². The first-order chi connectivity index (χ1) is 6.80. The number of carbonyl (C=O) groups excluding carboxylic acids is 1. The zero-order valence-corrected chi connectivity index (χ0v) is 9.32. The molecule has 15 heavy (non-hydrogen) atoms. The van der Waals surface area contributed by atoms with E-state index in [1.807, 2.05) is 20.8 Å². The second-order valence-electron chi connectivity index (χ2n) is 5.26. The van der Waals surface area contributed by atoms with Gasteiger partial charge in [0.05, 0.1) is 19.7 Å². The van der Waals surface area contributed by atoms with Crippen LogP contribution in [0.3, 0.4) is 0 Å². The van der Waals surface area contributed by atoms with Gasteiger partial charge >= 0.3 is 6.09 Å². The number of hydrogen-bond donors (Lipinski definition) is 1. The standard InChI is InChI=1S/C10H17NO4/c1-9(2,3)15-8(12)11-5-10(13,6-11)7-4-14-7/h7,13H,4-6H2,1-3H3. The van der Waals surface area contributed by atoms with Crippen LogP contribution >= 0.6 is 0 Å². The largest absolute Gasteiger partial charge is 0.444 e. The molecule has 0 radical (unpaired) electrons. The van der Waals surface area contributed by atoms with Crippen LogP contribution in [0.25, 0.3) is 0 Å². The molecule has 2 rings (SSSR count). The molecule has 0 spiro atoms. The molecule has 1 N–H and O–H groups in total. The summed E-state index contributed by atoms with van der Waals surface area (Å²) < 4.78 is 10.2. The molecule has 2 fully saturated rings. The van der Waals surface area contributed by atoms with Crippen LogP contribution in [-0.2, 0) is 9.47 Å². The van der Waals surface area contributed by atoms with Gasteiger partial charge in [-0.25, -0.2) is 4.79 Å². The number of ether oxygens (including phenoxy) is 2. The van der Waals surface area contributed by atoms with E-state index >= 15 is 0 Å². The van der Waals surface area contributed by atoms with Gasteiger partial charge in [0, 0.05) is 0 Å². The van der Waals surface area contributed by atoms with Gasteiger partial charge in [-0.05, 0) is 20.8 Å². The fraction of sp³-hybridized carbons (Fsp3) is 0.900. The molecule has 0 aliphatic carbocycles. The smallest absolute Gasteiger partial charge is 0.410 e. The van der Waals surface area contributed by atoms with E-state index in [1.165, 1.54) is 4.90 Å². The lowest BCUT2D eigenvalue weighted by molar-refractivity contribution is -0.111. The van der Waals surface area contributed by atoms with E-state index in [9.17, 15) is 9.90 Å². The molecule has 2 saturated heterocycles. The lowest BCUT2D eigenvalue weighted by Gasteiger charge is -2.45. The van der Waals surface area contributed by atoms with Crippen LogP contribution < -0.4 is 0 Å². The average molecular weight is 215 g/mol. The quantitative estimate of drug-likeness (QED) is 0.642. The normalized spacial score (nSPS) is 28.3. The summed E-state index contributed by atoms with van der Waals surface area (Å²) in [7, 11) is 0. The van der Waals surface area contributed by atoms with Crippen molar-refractivity contribution in [3.05, 3.63) is 0 Å². The van der Waals surface area contributed by atoms with Crippen LogP contribution in [0.2, 0.25) is 0 Å². The van der Waals surface area contributed by atoms with Crippen LogP contribution in [0, 0.1) is 0 Å². The summed E-state index contributed by atoms with van der Waals surface area (Å²) in [4.78, 5) is 13.0. The Morgan fingerprint density at radius 2 is 2.07 bits per heavy atom. The summed E-state index contributed by atoms with van der Waals surface area (Å²) in [6.07, 6.45) is -0.455. The van der Waals surface area contributed by atoms with E-state index < -0.39 is 11.2 Å². The Balaban J connectivity index is 1.81. The molecule has 0 saturated carbocycles. The summed E-state index contributed by atoms with van der Waals surface area (Å²) in [5.74, 6) is 0. The van der Waals surface area contributed by atoms with Crippen molar-refractivity contribution < 1.29 is 19.4 Å². The van der Waals surface area contributed by atoms with E-state index in [0.717, 1.165) is 0 Å². The monoisotopic (exact) mass is 215 g/mol. The number of nitrogens with zero attached hydrogens (tertiary/aromatic N) is 1.